The Bertz CT molecular complexity index is 719. The van der Waals surface area contributed by atoms with Crippen LogP contribution in [0, 0.1) is 16.7 Å². The molecule has 26 heavy (non-hydrogen) atoms. The third-order valence-electron chi connectivity index (χ3n) is 4.74. The van der Waals surface area contributed by atoms with E-state index in [-0.39, 0.29) is 13.2 Å². The summed E-state index contributed by atoms with van der Waals surface area (Å²) in [5, 5.41) is 18.9. The zero-order valence-corrected chi connectivity index (χ0v) is 15.0. The van der Waals surface area contributed by atoms with Crippen molar-refractivity contribution in [3.63, 3.8) is 0 Å². The first kappa shape index (κ1) is 18.6. The van der Waals surface area contributed by atoms with Gasteiger partial charge in [0, 0.05) is 26.2 Å². The van der Waals surface area contributed by atoms with Gasteiger partial charge in [-0.15, -0.1) is 0 Å². The van der Waals surface area contributed by atoms with Crippen LogP contribution in [-0.2, 0) is 9.47 Å². The van der Waals surface area contributed by atoms with Gasteiger partial charge in [-0.25, -0.2) is 4.79 Å². The second-order valence-electron chi connectivity index (χ2n) is 6.69. The summed E-state index contributed by atoms with van der Waals surface area (Å²) in [7, 11) is 0. The summed E-state index contributed by atoms with van der Waals surface area (Å²) in [6, 6.07) is 5.31. The van der Waals surface area contributed by atoms with Gasteiger partial charge in [0.25, 0.3) is 0 Å². The number of anilines is 2. The van der Waals surface area contributed by atoms with Gasteiger partial charge in [0.05, 0.1) is 53.3 Å². The van der Waals surface area contributed by atoms with Crippen LogP contribution in [0.4, 0.5) is 16.2 Å². The molecule has 2 heterocycles. The summed E-state index contributed by atoms with van der Waals surface area (Å²) in [6.45, 7) is 2.93. The topological polar surface area (TPSA) is 112 Å². The summed E-state index contributed by atoms with van der Waals surface area (Å²) in [4.78, 5) is 15.9. The van der Waals surface area contributed by atoms with Crippen LogP contribution in [0.3, 0.4) is 0 Å². The van der Waals surface area contributed by atoms with Crippen molar-refractivity contribution in [1.82, 2.24) is 4.90 Å². The Morgan fingerprint density at radius 2 is 2.08 bits per heavy atom. The van der Waals surface area contributed by atoms with Gasteiger partial charge in [-0.1, -0.05) is 11.6 Å². The Labute approximate surface area is 156 Å². The monoisotopic (exact) mass is 380 g/mol. The van der Waals surface area contributed by atoms with Crippen LogP contribution in [0.1, 0.15) is 5.56 Å². The maximum atomic E-state index is 12.2. The van der Waals surface area contributed by atoms with E-state index >= 15 is 0 Å². The SMILES string of the molecule is N#Cc1cc(N)c(Cl)c(N2CCN(C(=O)OCC3(CO)COC3)CC2)c1. The number of nitrogens with zero attached hydrogens (tertiary/aromatic N) is 3. The molecule has 3 rings (SSSR count). The Morgan fingerprint density at radius 3 is 2.62 bits per heavy atom. The highest BCUT2D eigenvalue weighted by molar-refractivity contribution is 6.35. The van der Waals surface area contributed by atoms with Crippen molar-refractivity contribution >= 4 is 29.1 Å². The average molecular weight is 381 g/mol. The minimum atomic E-state index is -0.458. The predicted molar refractivity (Wildman–Crippen MR) is 96.1 cm³/mol. The standard InChI is InChI=1S/C17H21ClN4O4/c18-15-13(20)5-12(7-19)6-14(15)21-1-3-22(4-2-21)16(24)26-11-17(8-23)9-25-10-17/h5-6,23H,1-4,8-11,20H2. The van der Waals surface area contributed by atoms with Crippen molar-refractivity contribution in [2.24, 2.45) is 5.41 Å². The van der Waals surface area contributed by atoms with E-state index in [0.717, 1.165) is 0 Å². The van der Waals surface area contributed by atoms with E-state index in [2.05, 4.69) is 6.07 Å². The quantitative estimate of drug-likeness (QED) is 0.751. The number of benzene rings is 1. The number of aliphatic hydroxyl groups is 1. The molecule has 0 radical (unpaired) electrons. The summed E-state index contributed by atoms with van der Waals surface area (Å²) in [5.74, 6) is 0. The van der Waals surface area contributed by atoms with E-state index in [4.69, 9.17) is 32.1 Å². The average Bonchev–Trinajstić information content (AvgIpc) is 2.63. The number of ether oxygens (including phenoxy) is 2. The number of nitrogens with two attached hydrogens (primary N) is 1. The molecule has 2 aliphatic rings. The van der Waals surface area contributed by atoms with E-state index in [1.807, 2.05) is 4.90 Å². The fourth-order valence-electron chi connectivity index (χ4n) is 2.97. The number of halogens is 1. The van der Waals surface area contributed by atoms with Gasteiger partial charge in [-0.2, -0.15) is 5.26 Å². The summed E-state index contributed by atoms with van der Waals surface area (Å²) in [5.41, 5.74) is 6.91. The van der Waals surface area contributed by atoms with Crippen LogP contribution < -0.4 is 10.6 Å². The van der Waals surface area contributed by atoms with E-state index in [0.29, 0.717) is 61.4 Å². The van der Waals surface area contributed by atoms with Crippen molar-refractivity contribution in [1.29, 1.82) is 5.26 Å². The first-order valence-electron chi connectivity index (χ1n) is 8.32. The van der Waals surface area contributed by atoms with Gasteiger partial charge in [-0.3, -0.25) is 0 Å². The van der Waals surface area contributed by atoms with Gasteiger partial charge in [0.2, 0.25) is 0 Å². The summed E-state index contributed by atoms with van der Waals surface area (Å²) < 4.78 is 10.4. The lowest BCUT2D eigenvalue weighted by Gasteiger charge is -2.40. The number of aliphatic hydroxyl groups excluding tert-OH is 1. The number of piperazine rings is 1. The van der Waals surface area contributed by atoms with E-state index in [1.165, 1.54) is 0 Å². The van der Waals surface area contributed by atoms with Gasteiger partial charge in [-0.05, 0) is 12.1 Å². The van der Waals surface area contributed by atoms with Gasteiger partial charge in [0.15, 0.2) is 0 Å². The van der Waals surface area contributed by atoms with Crippen LogP contribution in [0.15, 0.2) is 12.1 Å². The Morgan fingerprint density at radius 1 is 1.38 bits per heavy atom. The van der Waals surface area contributed by atoms with E-state index in [9.17, 15) is 9.90 Å². The molecule has 140 valence electrons. The number of hydrogen-bond donors (Lipinski definition) is 2. The predicted octanol–water partition coefficient (Wildman–Crippen LogP) is 1.06. The Balaban J connectivity index is 1.57. The second-order valence-corrected chi connectivity index (χ2v) is 7.07. The molecule has 0 aromatic heterocycles. The van der Waals surface area contributed by atoms with Crippen LogP contribution in [-0.4, -0.2) is 68.7 Å². The zero-order chi connectivity index (χ0) is 18.7. The molecule has 0 aliphatic carbocycles. The summed E-state index contributed by atoms with van der Waals surface area (Å²) in [6.07, 6.45) is -0.402. The fourth-order valence-corrected chi connectivity index (χ4v) is 3.20. The minimum absolute atomic E-state index is 0.0663. The van der Waals surface area contributed by atoms with Crippen LogP contribution in [0.5, 0.6) is 0 Å². The molecule has 1 amide bonds. The number of hydrogen-bond acceptors (Lipinski definition) is 7. The van der Waals surface area contributed by atoms with Gasteiger partial charge >= 0.3 is 6.09 Å². The lowest BCUT2D eigenvalue weighted by atomic mass is 9.88. The third-order valence-corrected chi connectivity index (χ3v) is 5.15. The lowest BCUT2D eigenvalue weighted by Crippen LogP contribution is -2.52. The normalized spacial score (nSPS) is 18.8. The molecule has 3 N–H and O–H groups in total. The molecule has 0 atom stereocenters. The van der Waals surface area contributed by atoms with Crippen LogP contribution in [0.2, 0.25) is 5.02 Å². The maximum Gasteiger partial charge on any atom is 0.409 e. The first-order valence-corrected chi connectivity index (χ1v) is 8.70. The van der Waals surface area contributed by atoms with Crippen molar-refractivity contribution in [3.8, 4) is 6.07 Å². The smallest absolute Gasteiger partial charge is 0.409 e. The molecule has 2 saturated heterocycles. The third kappa shape index (κ3) is 3.65. The molecule has 1 aromatic carbocycles. The molecule has 2 aliphatic heterocycles. The molecule has 9 heteroatoms. The maximum absolute atomic E-state index is 12.2. The van der Waals surface area contributed by atoms with Crippen molar-refractivity contribution < 1.29 is 19.4 Å². The van der Waals surface area contributed by atoms with E-state index in [1.54, 1.807) is 17.0 Å². The molecule has 0 unspecified atom stereocenters. The molecule has 0 bridgehead atoms. The first-order chi connectivity index (χ1) is 12.5. The Hall–Kier alpha value is -2.21. The van der Waals surface area contributed by atoms with E-state index < -0.39 is 11.5 Å². The van der Waals surface area contributed by atoms with Crippen LogP contribution >= 0.6 is 11.6 Å². The number of rotatable bonds is 4. The summed E-state index contributed by atoms with van der Waals surface area (Å²) >= 11 is 6.28. The highest BCUT2D eigenvalue weighted by Gasteiger charge is 2.40. The minimum Gasteiger partial charge on any atom is -0.449 e. The van der Waals surface area contributed by atoms with Crippen molar-refractivity contribution in [2.75, 3.05) is 63.2 Å². The number of carbonyl (C=O) groups excluding carboxylic acids is 1. The number of nitriles is 1. The molecule has 2 fully saturated rings. The van der Waals surface area contributed by atoms with Crippen molar-refractivity contribution in [3.05, 3.63) is 22.7 Å². The number of carbonyl (C=O) groups is 1. The molecular weight excluding hydrogens is 360 g/mol. The number of amides is 1. The molecule has 1 aromatic rings. The zero-order valence-electron chi connectivity index (χ0n) is 14.3. The van der Waals surface area contributed by atoms with Crippen molar-refractivity contribution in [2.45, 2.75) is 0 Å². The lowest BCUT2D eigenvalue weighted by molar-refractivity contribution is -0.159. The molecule has 0 spiro atoms. The Kier molecular flexibility index (Phi) is 5.41. The fraction of sp³-hybridized carbons (Fsp3) is 0.529. The molecular formula is C17H21ClN4O4. The number of nitrogen functional groups attached to an aromatic ring is 1. The largest absolute Gasteiger partial charge is 0.449 e. The highest BCUT2D eigenvalue weighted by atomic mass is 35.5. The second kappa shape index (κ2) is 7.58. The molecule has 8 nitrogen and oxygen atoms in total. The van der Waals surface area contributed by atoms with Gasteiger partial charge in [0.1, 0.15) is 6.61 Å². The van der Waals surface area contributed by atoms with Crippen LogP contribution in [0.25, 0.3) is 0 Å². The molecule has 0 saturated carbocycles. The van der Waals surface area contributed by atoms with Gasteiger partial charge < -0.3 is 30.1 Å². The highest BCUT2D eigenvalue weighted by Crippen LogP contribution is 2.33.